The van der Waals surface area contributed by atoms with Crippen molar-refractivity contribution in [1.82, 2.24) is 25.3 Å². The van der Waals surface area contributed by atoms with Crippen LogP contribution >= 0.6 is 0 Å². The highest BCUT2D eigenvalue weighted by atomic mass is 16.1. The number of fused-ring (bicyclic) bond motifs is 1. The molecule has 6 nitrogen and oxygen atoms in total. The van der Waals surface area contributed by atoms with Gasteiger partial charge in [-0.2, -0.15) is 5.10 Å². The Kier molecular flexibility index (Phi) is 5.41. The first-order chi connectivity index (χ1) is 13.6. The van der Waals surface area contributed by atoms with Gasteiger partial charge in [0.05, 0.1) is 17.3 Å². The molecule has 1 amide bonds. The minimum absolute atomic E-state index is 0.0811. The van der Waals surface area contributed by atoms with E-state index in [1.165, 1.54) is 5.56 Å². The van der Waals surface area contributed by atoms with Gasteiger partial charge in [0.2, 0.25) is 0 Å². The number of H-pyrrole nitrogens is 1. The lowest BCUT2D eigenvalue weighted by atomic mass is 10.1. The fourth-order valence-corrected chi connectivity index (χ4v) is 3.77. The summed E-state index contributed by atoms with van der Waals surface area (Å²) in [6, 6.07) is 12.4. The summed E-state index contributed by atoms with van der Waals surface area (Å²) in [7, 11) is 2.17. The van der Waals surface area contributed by atoms with Gasteiger partial charge in [0.1, 0.15) is 0 Å². The molecule has 1 saturated heterocycles. The van der Waals surface area contributed by atoms with Crippen molar-refractivity contribution in [1.29, 1.82) is 0 Å². The summed E-state index contributed by atoms with van der Waals surface area (Å²) in [5.41, 5.74) is 4.89. The number of hydrogen-bond donors (Lipinski definition) is 2. The Labute approximate surface area is 165 Å². The van der Waals surface area contributed by atoms with Crippen LogP contribution in [-0.4, -0.2) is 59.1 Å². The molecule has 1 aliphatic rings. The van der Waals surface area contributed by atoms with Crippen molar-refractivity contribution in [2.75, 3.05) is 33.2 Å². The minimum Gasteiger partial charge on any atom is -0.348 e. The zero-order valence-corrected chi connectivity index (χ0v) is 16.5. The molecule has 2 N–H and O–H groups in total. The number of aromatic nitrogens is 2. The van der Waals surface area contributed by atoms with E-state index >= 15 is 0 Å². The quantitative estimate of drug-likeness (QED) is 0.717. The third-order valence-electron chi connectivity index (χ3n) is 5.38. The number of amides is 1. The van der Waals surface area contributed by atoms with Crippen LogP contribution in [0.25, 0.3) is 10.9 Å². The Balaban J connectivity index is 1.40. The maximum absolute atomic E-state index is 12.7. The molecule has 0 bridgehead atoms. The van der Waals surface area contributed by atoms with Crippen LogP contribution in [0.1, 0.15) is 27.0 Å². The van der Waals surface area contributed by atoms with Crippen LogP contribution in [0.3, 0.4) is 0 Å². The Hall–Kier alpha value is -2.70. The number of nitrogens with zero attached hydrogens (tertiary/aromatic N) is 3. The molecule has 146 valence electrons. The number of aryl methyl sites for hydroxylation is 1. The zero-order chi connectivity index (χ0) is 19.5. The van der Waals surface area contributed by atoms with Gasteiger partial charge in [-0.15, -0.1) is 0 Å². The average Bonchev–Trinajstić information content (AvgIpc) is 3.16. The maximum atomic E-state index is 12.7. The van der Waals surface area contributed by atoms with Crippen LogP contribution < -0.4 is 5.32 Å². The highest BCUT2D eigenvalue weighted by molar-refractivity contribution is 6.05. The van der Waals surface area contributed by atoms with E-state index in [-0.39, 0.29) is 5.91 Å². The van der Waals surface area contributed by atoms with E-state index in [0.29, 0.717) is 12.1 Å². The number of carbonyl (C=O) groups is 1. The molecular weight excluding hydrogens is 350 g/mol. The molecule has 1 aromatic heterocycles. The molecule has 2 heterocycles. The third kappa shape index (κ3) is 4.24. The van der Waals surface area contributed by atoms with Gasteiger partial charge in [0.15, 0.2) is 0 Å². The van der Waals surface area contributed by atoms with Gasteiger partial charge in [-0.05, 0) is 42.8 Å². The summed E-state index contributed by atoms with van der Waals surface area (Å²) >= 11 is 0. The maximum Gasteiger partial charge on any atom is 0.253 e. The van der Waals surface area contributed by atoms with E-state index in [0.717, 1.165) is 54.8 Å². The fraction of sp³-hybridized carbons (Fsp3) is 0.364. The largest absolute Gasteiger partial charge is 0.348 e. The van der Waals surface area contributed by atoms with Crippen molar-refractivity contribution < 1.29 is 4.79 Å². The number of carbonyl (C=O) groups excluding carboxylic acids is 1. The van der Waals surface area contributed by atoms with Gasteiger partial charge in [-0.1, -0.05) is 24.3 Å². The Morgan fingerprint density at radius 3 is 2.75 bits per heavy atom. The molecule has 0 aliphatic carbocycles. The second-order valence-electron chi connectivity index (χ2n) is 7.73. The molecule has 3 aromatic rings. The molecule has 2 aromatic carbocycles. The number of nitrogens with one attached hydrogen (secondary N) is 2. The highest BCUT2D eigenvalue weighted by Gasteiger charge is 2.15. The van der Waals surface area contributed by atoms with Crippen LogP contribution in [0.4, 0.5) is 0 Å². The number of piperazine rings is 1. The lowest BCUT2D eigenvalue weighted by Crippen LogP contribution is -2.43. The Bertz CT molecular complexity index is 972. The van der Waals surface area contributed by atoms with Crippen LogP contribution in [0, 0.1) is 6.92 Å². The SMILES string of the molecule is Cc1cc(C(=O)NCc2cccc(CN3CCN(C)CC3)c2)c2[nH]ncc2c1. The number of hydrogen-bond acceptors (Lipinski definition) is 4. The normalized spacial score (nSPS) is 15.8. The molecule has 1 aliphatic heterocycles. The molecule has 6 heteroatoms. The molecule has 28 heavy (non-hydrogen) atoms. The van der Waals surface area contributed by atoms with Gasteiger partial charge >= 0.3 is 0 Å². The van der Waals surface area contributed by atoms with Crippen LogP contribution in [0.5, 0.6) is 0 Å². The van der Waals surface area contributed by atoms with Crippen molar-refractivity contribution >= 4 is 16.8 Å². The monoisotopic (exact) mass is 377 g/mol. The molecule has 4 rings (SSSR count). The van der Waals surface area contributed by atoms with E-state index < -0.39 is 0 Å². The lowest BCUT2D eigenvalue weighted by Gasteiger charge is -2.32. The van der Waals surface area contributed by atoms with Crippen molar-refractivity contribution in [2.45, 2.75) is 20.0 Å². The third-order valence-corrected chi connectivity index (χ3v) is 5.38. The molecule has 0 spiro atoms. The Morgan fingerprint density at radius 1 is 1.14 bits per heavy atom. The van der Waals surface area contributed by atoms with Gasteiger partial charge < -0.3 is 10.2 Å². The van der Waals surface area contributed by atoms with Crippen molar-refractivity contribution in [3.05, 3.63) is 64.8 Å². The van der Waals surface area contributed by atoms with Crippen molar-refractivity contribution in [3.8, 4) is 0 Å². The summed E-state index contributed by atoms with van der Waals surface area (Å²) in [4.78, 5) is 17.6. The van der Waals surface area contributed by atoms with Gasteiger partial charge in [0, 0.05) is 44.7 Å². The standard InChI is InChI=1S/C22H27N5O/c1-16-10-19-14-24-25-21(19)20(11-16)22(28)23-13-17-4-3-5-18(12-17)15-27-8-6-26(2)7-9-27/h3-5,10-12,14H,6-9,13,15H2,1-2H3,(H,23,28)(H,24,25). The predicted octanol–water partition coefficient (Wildman–Crippen LogP) is 2.55. The van der Waals surface area contributed by atoms with Crippen molar-refractivity contribution in [2.24, 2.45) is 0 Å². The van der Waals surface area contributed by atoms with E-state index in [1.54, 1.807) is 6.20 Å². The van der Waals surface area contributed by atoms with Crippen LogP contribution in [0.15, 0.2) is 42.6 Å². The number of rotatable bonds is 5. The van der Waals surface area contributed by atoms with Crippen LogP contribution in [0.2, 0.25) is 0 Å². The highest BCUT2D eigenvalue weighted by Crippen LogP contribution is 2.19. The van der Waals surface area contributed by atoms with E-state index in [9.17, 15) is 4.79 Å². The second-order valence-corrected chi connectivity index (χ2v) is 7.73. The van der Waals surface area contributed by atoms with Crippen LogP contribution in [-0.2, 0) is 13.1 Å². The molecule has 1 fully saturated rings. The average molecular weight is 377 g/mol. The van der Waals surface area contributed by atoms with E-state index in [4.69, 9.17) is 0 Å². The number of benzene rings is 2. The predicted molar refractivity (Wildman–Crippen MR) is 111 cm³/mol. The zero-order valence-electron chi connectivity index (χ0n) is 16.5. The summed E-state index contributed by atoms with van der Waals surface area (Å²) < 4.78 is 0. The van der Waals surface area contributed by atoms with Gasteiger partial charge in [0.25, 0.3) is 5.91 Å². The first kappa shape index (κ1) is 18.7. The molecule has 0 atom stereocenters. The number of aromatic amines is 1. The minimum atomic E-state index is -0.0811. The molecule has 0 unspecified atom stereocenters. The summed E-state index contributed by atoms with van der Waals surface area (Å²) in [5, 5.41) is 11.0. The fourth-order valence-electron chi connectivity index (χ4n) is 3.77. The molecule has 0 saturated carbocycles. The lowest BCUT2D eigenvalue weighted by molar-refractivity contribution is 0.0952. The van der Waals surface area contributed by atoms with E-state index in [1.807, 2.05) is 19.1 Å². The van der Waals surface area contributed by atoms with Gasteiger partial charge in [-0.25, -0.2) is 0 Å². The first-order valence-corrected chi connectivity index (χ1v) is 9.79. The number of likely N-dealkylation sites (N-methyl/N-ethyl adjacent to an activating group) is 1. The summed E-state index contributed by atoms with van der Waals surface area (Å²) in [5.74, 6) is -0.0811. The molecular formula is C22H27N5O. The summed E-state index contributed by atoms with van der Waals surface area (Å²) in [6.45, 7) is 7.91. The summed E-state index contributed by atoms with van der Waals surface area (Å²) in [6.07, 6.45) is 1.75. The topological polar surface area (TPSA) is 64.3 Å². The smallest absolute Gasteiger partial charge is 0.253 e. The van der Waals surface area contributed by atoms with E-state index in [2.05, 4.69) is 56.6 Å². The first-order valence-electron chi connectivity index (χ1n) is 9.79. The second kappa shape index (κ2) is 8.12. The molecule has 0 radical (unpaired) electrons. The van der Waals surface area contributed by atoms with Crippen molar-refractivity contribution in [3.63, 3.8) is 0 Å². The van der Waals surface area contributed by atoms with Gasteiger partial charge in [-0.3, -0.25) is 14.8 Å². The Morgan fingerprint density at radius 2 is 1.93 bits per heavy atom.